The summed E-state index contributed by atoms with van der Waals surface area (Å²) in [6.07, 6.45) is 1.45. The molecular weight excluding hydrogens is 143 g/mol. The Kier molecular flexibility index (Phi) is 4.01. The zero-order valence-electron chi connectivity index (χ0n) is 7.60. The van der Waals surface area contributed by atoms with Crippen molar-refractivity contribution >= 4 is 0 Å². The molecule has 0 radical (unpaired) electrons. The predicted octanol–water partition coefficient (Wildman–Crippen LogP) is 2.20. The van der Waals surface area contributed by atoms with E-state index in [-0.39, 0.29) is 11.4 Å². The lowest BCUT2D eigenvalue weighted by atomic mass is 9.75. The van der Waals surface area contributed by atoms with E-state index in [0.29, 0.717) is 11.8 Å². The van der Waals surface area contributed by atoms with Gasteiger partial charge in [0.15, 0.2) is 0 Å². The van der Waals surface area contributed by atoms with Gasteiger partial charge in [-0.15, -0.1) is 0 Å². The summed E-state index contributed by atoms with van der Waals surface area (Å²) in [5.74, 6) is 1.47. The van der Waals surface area contributed by atoms with Crippen LogP contribution in [0, 0.1) is 17.8 Å². The fourth-order valence-electron chi connectivity index (χ4n) is 1.90. The van der Waals surface area contributed by atoms with Gasteiger partial charge in [-0.1, -0.05) is 20.8 Å². The Hall–Kier alpha value is -0.110. The molecule has 0 aliphatic heterocycles. The van der Waals surface area contributed by atoms with Crippen LogP contribution in [0.25, 0.3) is 0 Å². The Balaban J connectivity index is 0.000001000. The van der Waals surface area contributed by atoms with E-state index in [1.165, 1.54) is 6.42 Å². The molecule has 1 saturated carbocycles. The molecule has 2 N–H and O–H groups in total. The minimum absolute atomic E-state index is 0. The van der Waals surface area contributed by atoms with Crippen molar-refractivity contribution in [1.29, 1.82) is 0 Å². The summed E-state index contributed by atoms with van der Waals surface area (Å²) >= 11 is 0. The van der Waals surface area contributed by atoms with Gasteiger partial charge in [0.05, 0.1) is 0 Å². The maximum atomic E-state index is 13.1. The summed E-state index contributed by atoms with van der Waals surface area (Å²) in [6.45, 7) is 6.34. The van der Waals surface area contributed by atoms with Crippen molar-refractivity contribution in [2.24, 2.45) is 17.8 Å². The fraction of sp³-hybridized carbons (Fsp3) is 1.00. The van der Waals surface area contributed by atoms with Crippen molar-refractivity contribution in [2.75, 3.05) is 0 Å². The maximum absolute atomic E-state index is 13.1. The number of hydrogen-bond donors (Lipinski definition) is 0. The first kappa shape index (κ1) is 10.9. The van der Waals surface area contributed by atoms with E-state index in [0.717, 1.165) is 6.42 Å². The summed E-state index contributed by atoms with van der Waals surface area (Å²) in [4.78, 5) is 0. The first-order valence-electron chi connectivity index (χ1n) is 4.25. The van der Waals surface area contributed by atoms with Crippen LogP contribution in [0.1, 0.15) is 33.6 Å². The molecule has 1 aliphatic carbocycles. The normalized spacial score (nSPS) is 44.7. The minimum atomic E-state index is -0.543. The molecule has 4 atom stereocenters. The lowest BCUT2D eigenvalue weighted by Crippen LogP contribution is -2.29. The molecule has 1 fully saturated rings. The van der Waals surface area contributed by atoms with Crippen molar-refractivity contribution in [3.05, 3.63) is 0 Å². The molecule has 0 saturated heterocycles. The third-order valence-electron chi connectivity index (χ3n) is 2.87. The zero-order chi connectivity index (χ0) is 7.72. The molecule has 68 valence electrons. The van der Waals surface area contributed by atoms with Crippen LogP contribution in [0.2, 0.25) is 0 Å². The standard InChI is InChI=1S/C9H17F.H2O/c1-6-4-7(2)8(3)9(10)5-6;/h6-9H,4-5H2,1-3H3;1H2. The molecule has 1 aliphatic rings. The van der Waals surface area contributed by atoms with Gasteiger partial charge >= 0.3 is 0 Å². The largest absolute Gasteiger partial charge is 0.412 e. The molecule has 0 aromatic carbocycles. The quantitative estimate of drug-likeness (QED) is 0.523. The van der Waals surface area contributed by atoms with Gasteiger partial charge in [-0.3, -0.25) is 0 Å². The van der Waals surface area contributed by atoms with Gasteiger partial charge in [-0.25, -0.2) is 4.39 Å². The molecule has 11 heavy (non-hydrogen) atoms. The van der Waals surface area contributed by atoms with Gasteiger partial charge in [0.2, 0.25) is 0 Å². The first-order valence-corrected chi connectivity index (χ1v) is 4.25. The third kappa shape index (κ3) is 2.44. The number of alkyl halides is 1. The van der Waals surface area contributed by atoms with E-state index >= 15 is 0 Å². The number of hydrogen-bond acceptors (Lipinski definition) is 0. The molecule has 0 aromatic heterocycles. The number of halogens is 1. The molecule has 1 rings (SSSR count). The van der Waals surface area contributed by atoms with E-state index in [4.69, 9.17) is 0 Å². The van der Waals surface area contributed by atoms with E-state index in [1.54, 1.807) is 0 Å². The highest BCUT2D eigenvalue weighted by Gasteiger charge is 2.30. The Morgan fingerprint density at radius 3 is 2.09 bits per heavy atom. The summed E-state index contributed by atoms with van der Waals surface area (Å²) in [5, 5.41) is 0. The molecule has 0 amide bonds. The maximum Gasteiger partial charge on any atom is 0.103 e. The first-order chi connectivity index (χ1) is 4.61. The second kappa shape index (κ2) is 4.05. The highest BCUT2D eigenvalue weighted by atomic mass is 19.1. The Bertz CT molecular complexity index is 104. The van der Waals surface area contributed by atoms with Crippen LogP contribution in [0.3, 0.4) is 0 Å². The average Bonchev–Trinajstić information content (AvgIpc) is 1.82. The summed E-state index contributed by atoms with van der Waals surface area (Å²) in [5.41, 5.74) is 0. The number of rotatable bonds is 0. The summed E-state index contributed by atoms with van der Waals surface area (Å²) in [7, 11) is 0. The molecule has 0 bridgehead atoms. The molecule has 0 spiro atoms. The predicted molar refractivity (Wildman–Crippen MR) is 45.2 cm³/mol. The van der Waals surface area contributed by atoms with Gasteiger partial charge in [0.25, 0.3) is 0 Å². The average molecular weight is 162 g/mol. The Morgan fingerprint density at radius 1 is 1.09 bits per heavy atom. The van der Waals surface area contributed by atoms with E-state index in [1.807, 2.05) is 6.92 Å². The van der Waals surface area contributed by atoms with Gasteiger partial charge in [-0.05, 0) is 30.6 Å². The van der Waals surface area contributed by atoms with Crippen LogP contribution in [0.4, 0.5) is 4.39 Å². The fourth-order valence-corrected chi connectivity index (χ4v) is 1.90. The van der Waals surface area contributed by atoms with Gasteiger partial charge in [0.1, 0.15) is 6.17 Å². The summed E-state index contributed by atoms with van der Waals surface area (Å²) in [6, 6.07) is 0. The van der Waals surface area contributed by atoms with Crippen LogP contribution < -0.4 is 0 Å². The molecule has 4 unspecified atom stereocenters. The molecular formula is C9H19FO. The van der Waals surface area contributed by atoms with E-state index < -0.39 is 6.17 Å². The van der Waals surface area contributed by atoms with Gasteiger partial charge in [-0.2, -0.15) is 0 Å². The van der Waals surface area contributed by atoms with Crippen LogP contribution in [-0.4, -0.2) is 11.6 Å². The smallest absolute Gasteiger partial charge is 0.103 e. The second-order valence-electron chi connectivity index (χ2n) is 3.93. The van der Waals surface area contributed by atoms with Crippen molar-refractivity contribution in [1.82, 2.24) is 0 Å². The Labute approximate surface area is 68.3 Å². The topological polar surface area (TPSA) is 31.5 Å². The van der Waals surface area contributed by atoms with Crippen LogP contribution in [0.5, 0.6) is 0 Å². The minimum Gasteiger partial charge on any atom is -0.412 e. The van der Waals surface area contributed by atoms with E-state index in [2.05, 4.69) is 13.8 Å². The van der Waals surface area contributed by atoms with Gasteiger partial charge in [0, 0.05) is 0 Å². The van der Waals surface area contributed by atoms with Crippen molar-refractivity contribution in [3.63, 3.8) is 0 Å². The van der Waals surface area contributed by atoms with Crippen molar-refractivity contribution in [2.45, 2.75) is 39.8 Å². The monoisotopic (exact) mass is 162 g/mol. The molecule has 0 aromatic rings. The lowest BCUT2D eigenvalue weighted by Gasteiger charge is -2.32. The van der Waals surface area contributed by atoms with Crippen LogP contribution in [0.15, 0.2) is 0 Å². The molecule has 2 heteroatoms. The van der Waals surface area contributed by atoms with Gasteiger partial charge < -0.3 is 5.48 Å². The molecule has 1 nitrogen and oxygen atoms in total. The SMILES string of the molecule is CC1CC(C)C(C)C(F)C1.O. The summed E-state index contributed by atoms with van der Waals surface area (Å²) < 4.78 is 13.1. The van der Waals surface area contributed by atoms with Crippen molar-refractivity contribution < 1.29 is 9.87 Å². The molecule has 0 heterocycles. The highest BCUT2D eigenvalue weighted by molar-refractivity contribution is 4.79. The Morgan fingerprint density at radius 2 is 1.64 bits per heavy atom. The van der Waals surface area contributed by atoms with Crippen LogP contribution in [-0.2, 0) is 0 Å². The van der Waals surface area contributed by atoms with E-state index in [9.17, 15) is 4.39 Å². The third-order valence-corrected chi connectivity index (χ3v) is 2.87. The highest BCUT2D eigenvalue weighted by Crippen LogP contribution is 2.34. The van der Waals surface area contributed by atoms with Crippen molar-refractivity contribution in [3.8, 4) is 0 Å². The second-order valence-corrected chi connectivity index (χ2v) is 3.93. The van der Waals surface area contributed by atoms with Crippen LogP contribution >= 0.6 is 0 Å². The lowest BCUT2D eigenvalue weighted by molar-refractivity contribution is 0.0966. The zero-order valence-corrected chi connectivity index (χ0v) is 7.60.